The second kappa shape index (κ2) is 7.57. The van der Waals surface area contributed by atoms with Gasteiger partial charge in [0.15, 0.2) is 0 Å². The van der Waals surface area contributed by atoms with Crippen molar-refractivity contribution >= 4 is 23.2 Å². The normalized spacial score (nSPS) is 15.3. The molecule has 1 saturated heterocycles. The van der Waals surface area contributed by atoms with Crippen molar-refractivity contribution < 1.29 is 14.0 Å². The second-order valence-electron chi connectivity index (χ2n) is 5.91. The molecule has 2 amide bonds. The van der Waals surface area contributed by atoms with E-state index in [0.29, 0.717) is 13.1 Å². The van der Waals surface area contributed by atoms with Gasteiger partial charge in [-0.05, 0) is 42.0 Å². The third kappa shape index (κ3) is 4.20. The first kappa shape index (κ1) is 16.6. The van der Waals surface area contributed by atoms with Crippen LogP contribution in [0.1, 0.15) is 28.1 Å². The van der Waals surface area contributed by atoms with Crippen LogP contribution in [0.5, 0.6) is 0 Å². The van der Waals surface area contributed by atoms with Gasteiger partial charge in [-0.15, -0.1) is 11.3 Å². The quantitative estimate of drug-likeness (QED) is 0.925. The van der Waals surface area contributed by atoms with Gasteiger partial charge in [0.25, 0.3) is 5.91 Å². The van der Waals surface area contributed by atoms with Crippen LogP contribution in [0.2, 0.25) is 0 Å². The van der Waals surface area contributed by atoms with Crippen molar-refractivity contribution in [1.82, 2.24) is 10.2 Å². The summed E-state index contributed by atoms with van der Waals surface area (Å²) in [4.78, 5) is 27.0. The highest BCUT2D eigenvalue weighted by Gasteiger charge is 2.24. The van der Waals surface area contributed by atoms with E-state index >= 15 is 0 Å². The third-order valence-electron chi connectivity index (χ3n) is 4.16. The molecular formula is C18H19FN2O2S. The summed E-state index contributed by atoms with van der Waals surface area (Å²) in [5, 5.41) is 4.91. The number of benzene rings is 1. The molecular weight excluding hydrogens is 327 g/mol. The van der Waals surface area contributed by atoms with E-state index in [1.54, 1.807) is 12.1 Å². The number of nitrogens with one attached hydrogen (secondary N) is 1. The first-order valence-corrected chi connectivity index (χ1v) is 8.86. The lowest BCUT2D eigenvalue weighted by atomic mass is 10.0. The van der Waals surface area contributed by atoms with E-state index < -0.39 is 0 Å². The lowest BCUT2D eigenvalue weighted by Crippen LogP contribution is -2.46. The average molecular weight is 346 g/mol. The molecule has 1 aliphatic heterocycles. The van der Waals surface area contributed by atoms with Crippen LogP contribution in [0.15, 0.2) is 41.8 Å². The van der Waals surface area contributed by atoms with Gasteiger partial charge in [0.1, 0.15) is 5.82 Å². The fourth-order valence-corrected chi connectivity index (χ4v) is 3.54. The highest BCUT2D eigenvalue weighted by molar-refractivity contribution is 7.12. The lowest BCUT2D eigenvalue weighted by Gasteiger charge is -2.32. The van der Waals surface area contributed by atoms with Gasteiger partial charge >= 0.3 is 0 Å². The molecule has 1 aromatic heterocycles. The summed E-state index contributed by atoms with van der Waals surface area (Å²) in [6.45, 7) is 1.30. The Balaban J connectivity index is 1.46. The van der Waals surface area contributed by atoms with Crippen LogP contribution in [0.25, 0.3) is 0 Å². The van der Waals surface area contributed by atoms with Crippen LogP contribution in [-0.4, -0.2) is 35.8 Å². The Kier molecular flexibility index (Phi) is 5.25. The number of thiophene rings is 1. The number of rotatable bonds is 4. The van der Waals surface area contributed by atoms with Gasteiger partial charge in [-0.2, -0.15) is 0 Å². The Hall–Kier alpha value is -2.21. The Labute approximate surface area is 144 Å². The van der Waals surface area contributed by atoms with E-state index in [9.17, 15) is 14.0 Å². The summed E-state index contributed by atoms with van der Waals surface area (Å²) in [6, 6.07) is 9.76. The number of halogens is 1. The van der Waals surface area contributed by atoms with Crippen LogP contribution < -0.4 is 5.32 Å². The molecule has 4 nitrogen and oxygen atoms in total. The van der Waals surface area contributed by atoms with Crippen molar-refractivity contribution in [2.45, 2.75) is 25.3 Å². The van der Waals surface area contributed by atoms with Gasteiger partial charge in [0.2, 0.25) is 5.91 Å². The van der Waals surface area contributed by atoms with Crippen LogP contribution in [0.3, 0.4) is 0 Å². The van der Waals surface area contributed by atoms with Gasteiger partial charge in [-0.25, -0.2) is 4.39 Å². The summed E-state index contributed by atoms with van der Waals surface area (Å²) >= 11 is 1.45. The number of carbonyl (C=O) groups is 2. The maximum Gasteiger partial charge on any atom is 0.263 e. The predicted molar refractivity (Wildman–Crippen MR) is 91.5 cm³/mol. The molecule has 0 spiro atoms. The minimum atomic E-state index is -0.304. The summed E-state index contributed by atoms with van der Waals surface area (Å²) in [5.74, 6) is -0.298. The zero-order chi connectivity index (χ0) is 16.9. The van der Waals surface area contributed by atoms with Crippen LogP contribution in [0, 0.1) is 5.82 Å². The topological polar surface area (TPSA) is 49.4 Å². The first-order valence-electron chi connectivity index (χ1n) is 7.98. The predicted octanol–water partition coefficient (Wildman–Crippen LogP) is 2.85. The maximum atomic E-state index is 12.9. The number of hydrogen-bond acceptors (Lipinski definition) is 3. The molecule has 3 rings (SSSR count). The Bertz CT molecular complexity index is 692. The Morgan fingerprint density at radius 3 is 2.50 bits per heavy atom. The van der Waals surface area contributed by atoms with Gasteiger partial charge in [0.05, 0.1) is 11.3 Å². The fourth-order valence-electron chi connectivity index (χ4n) is 2.85. The Morgan fingerprint density at radius 1 is 1.17 bits per heavy atom. The van der Waals surface area contributed by atoms with Gasteiger partial charge in [-0.3, -0.25) is 9.59 Å². The standard InChI is InChI=1S/C18H19FN2O2S/c19-14-5-3-13(4-6-14)12-17(22)20-15-7-9-21(10-8-15)18(23)16-2-1-11-24-16/h1-6,11,15H,7-10,12H2,(H,20,22). The number of likely N-dealkylation sites (tertiary alicyclic amines) is 1. The molecule has 1 N–H and O–H groups in total. The number of nitrogens with zero attached hydrogens (tertiary/aromatic N) is 1. The largest absolute Gasteiger partial charge is 0.353 e. The van der Waals surface area contributed by atoms with Gasteiger partial charge in [0, 0.05) is 19.1 Å². The van der Waals surface area contributed by atoms with E-state index in [4.69, 9.17) is 0 Å². The number of amides is 2. The number of hydrogen-bond donors (Lipinski definition) is 1. The molecule has 0 aliphatic carbocycles. The van der Waals surface area contributed by atoms with E-state index in [1.807, 2.05) is 22.4 Å². The zero-order valence-electron chi connectivity index (χ0n) is 13.2. The second-order valence-corrected chi connectivity index (χ2v) is 6.86. The maximum absolute atomic E-state index is 12.9. The Morgan fingerprint density at radius 2 is 1.88 bits per heavy atom. The SMILES string of the molecule is O=C(Cc1ccc(F)cc1)NC1CCN(C(=O)c2cccs2)CC1. The zero-order valence-corrected chi connectivity index (χ0v) is 14.0. The molecule has 6 heteroatoms. The van der Waals surface area contributed by atoms with E-state index in [1.165, 1.54) is 23.5 Å². The summed E-state index contributed by atoms with van der Waals surface area (Å²) < 4.78 is 12.9. The summed E-state index contributed by atoms with van der Waals surface area (Å²) in [5.41, 5.74) is 0.791. The van der Waals surface area contributed by atoms with E-state index in [0.717, 1.165) is 23.3 Å². The molecule has 0 unspecified atom stereocenters. The minimum Gasteiger partial charge on any atom is -0.353 e. The smallest absolute Gasteiger partial charge is 0.263 e. The molecule has 0 bridgehead atoms. The van der Waals surface area contributed by atoms with Crippen molar-refractivity contribution in [3.05, 3.63) is 58.0 Å². The van der Waals surface area contributed by atoms with Gasteiger partial charge in [-0.1, -0.05) is 18.2 Å². The molecule has 2 aromatic rings. The molecule has 0 saturated carbocycles. The van der Waals surface area contributed by atoms with Crippen LogP contribution in [-0.2, 0) is 11.2 Å². The molecule has 1 fully saturated rings. The molecule has 126 valence electrons. The average Bonchev–Trinajstić information content (AvgIpc) is 3.11. The van der Waals surface area contributed by atoms with Crippen molar-refractivity contribution in [1.29, 1.82) is 0 Å². The molecule has 1 aliphatic rings. The lowest BCUT2D eigenvalue weighted by molar-refractivity contribution is -0.121. The highest BCUT2D eigenvalue weighted by atomic mass is 32.1. The van der Waals surface area contributed by atoms with Gasteiger partial charge < -0.3 is 10.2 Å². The number of carbonyl (C=O) groups excluding carboxylic acids is 2. The van der Waals surface area contributed by atoms with Crippen molar-refractivity contribution in [2.24, 2.45) is 0 Å². The van der Waals surface area contributed by atoms with Crippen LogP contribution >= 0.6 is 11.3 Å². The monoisotopic (exact) mass is 346 g/mol. The van der Waals surface area contributed by atoms with Crippen molar-refractivity contribution in [3.63, 3.8) is 0 Å². The van der Waals surface area contributed by atoms with Crippen LogP contribution in [0.4, 0.5) is 4.39 Å². The number of piperidine rings is 1. The van der Waals surface area contributed by atoms with E-state index in [2.05, 4.69) is 5.32 Å². The molecule has 24 heavy (non-hydrogen) atoms. The third-order valence-corrected chi connectivity index (χ3v) is 5.02. The minimum absolute atomic E-state index is 0.0651. The van der Waals surface area contributed by atoms with Crippen molar-refractivity contribution in [3.8, 4) is 0 Å². The first-order chi connectivity index (χ1) is 11.6. The highest BCUT2D eigenvalue weighted by Crippen LogP contribution is 2.17. The summed E-state index contributed by atoms with van der Waals surface area (Å²) in [6.07, 6.45) is 1.76. The molecule has 0 radical (unpaired) electrons. The fraction of sp³-hybridized carbons (Fsp3) is 0.333. The molecule has 1 aromatic carbocycles. The van der Waals surface area contributed by atoms with E-state index in [-0.39, 0.29) is 30.1 Å². The molecule has 2 heterocycles. The van der Waals surface area contributed by atoms with Crippen molar-refractivity contribution in [2.75, 3.05) is 13.1 Å². The molecule has 0 atom stereocenters. The summed E-state index contributed by atoms with van der Waals surface area (Å²) in [7, 11) is 0.